The molecule has 12 heteroatoms. The molecule has 168 valence electrons. The minimum Gasteiger partial charge on any atom is -0.278 e. The summed E-state index contributed by atoms with van der Waals surface area (Å²) in [6, 6.07) is 16.0. The second kappa shape index (κ2) is 8.00. The van der Waals surface area contributed by atoms with Crippen LogP contribution in [0.15, 0.2) is 87.1 Å². The first kappa shape index (κ1) is 22.2. The number of benzene rings is 3. The highest BCUT2D eigenvalue weighted by Gasteiger charge is 2.26. The van der Waals surface area contributed by atoms with Crippen molar-refractivity contribution in [2.24, 2.45) is 0 Å². The first-order valence-electron chi connectivity index (χ1n) is 9.34. The van der Waals surface area contributed by atoms with Crippen molar-refractivity contribution >= 4 is 75.8 Å². The number of hydrogen-bond donors (Lipinski definition) is 1. The zero-order chi connectivity index (χ0) is 23.4. The molecule has 1 N–H and O–H groups in total. The summed E-state index contributed by atoms with van der Waals surface area (Å²) in [5.74, 6) is 0. The minimum atomic E-state index is -4.12. The molecule has 3 aromatic carbocycles. The number of imidazole rings is 1. The molecule has 0 unspecified atom stereocenters. The zero-order valence-electron chi connectivity index (χ0n) is 16.4. The average molecular weight is 538 g/mol. The third kappa shape index (κ3) is 3.87. The maximum Gasteiger partial charge on any atom is 0.281 e. The van der Waals surface area contributed by atoms with Crippen molar-refractivity contribution in [1.29, 1.82) is 0 Å². The van der Waals surface area contributed by atoms with Crippen molar-refractivity contribution < 1.29 is 16.8 Å². The van der Waals surface area contributed by atoms with Gasteiger partial charge in [-0.05, 0) is 41.1 Å². The summed E-state index contributed by atoms with van der Waals surface area (Å²) in [6.07, 6.45) is 1.54. The quantitative estimate of drug-likeness (QED) is 0.319. The Labute approximate surface area is 203 Å². The van der Waals surface area contributed by atoms with E-state index < -0.39 is 19.9 Å². The predicted molar refractivity (Wildman–Crippen MR) is 130 cm³/mol. The van der Waals surface area contributed by atoms with Crippen LogP contribution in [-0.4, -0.2) is 26.2 Å². The Kier molecular flexibility index (Phi) is 5.37. The number of thiazole rings is 1. The van der Waals surface area contributed by atoms with Gasteiger partial charge in [0.15, 0.2) is 15.1 Å². The van der Waals surface area contributed by atoms with E-state index in [-0.39, 0.29) is 30.7 Å². The Morgan fingerprint density at radius 2 is 1.67 bits per heavy atom. The minimum absolute atomic E-state index is 0.0821. The van der Waals surface area contributed by atoms with Gasteiger partial charge in [0, 0.05) is 11.6 Å². The molecular formula is C21H13Cl2N3O4S3. The van der Waals surface area contributed by atoms with Crippen LogP contribution < -0.4 is 4.72 Å². The Hall–Kier alpha value is -2.63. The summed E-state index contributed by atoms with van der Waals surface area (Å²) in [6.45, 7) is 0. The van der Waals surface area contributed by atoms with Crippen LogP contribution in [0.5, 0.6) is 0 Å². The van der Waals surface area contributed by atoms with Crippen LogP contribution in [0.25, 0.3) is 15.7 Å². The number of nitrogens with one attached hydrogen (secondary N) is 1. The molecule has 5 rings (SSSR count). The summed E-state index contributed by atoms with van der Waals surface area (Å²) < 4.78 is 56.0. The van der Waals surface area contributed by atoms with E-state index >= 15 is 0 Å². The summed E-state index contributed by atoms with van der Waals surface area (Å²) >= 11 is 13.6. The van der Waals surface area contributed by atoms with Gasteiger partial charge in [-0.2, -0.15) is 8.42 Å². The molecule has 0 bridgehead atoms. The smallest absolute Gasteiger partial charge is 0.278 e. The number of fused-ring (bicyclic) bond motifs is 2. The van der Waals surface area contributed by atoms with Crippen LogP contribution >= 0.6 is 34.5 Å². The van der Waals surface area contributed by atoms with Gasteiger partial charge in [0.2, 0.25) is 9.84 Å². The number of sulfone groups is 1. The van der Waals surface area contributed by atoms with E-state index in [2.05, 4.69) is 9.71 Å². The first-order valence-corrected chi connectivity index (χ1v) is 13.9. The van der Waals surface area contributed by atoms with Gasteiger partial charge in [0.25, 0.3) is 10.0 Å². The third-order valence-electron chi connectivity index (χ3n) is 4.94. The lowest BCUT2D eigenvalue weighted by molar-refractivity contribution is 0.595. The van der Waals surface area contributed by atoms with Crippen LogP contribution in [0.1, 0.15) is 0 Å². The summed E-state index contributed by atoms with van der Waals surface area (Å²) in [5, 5.41) is 2.85. The second-order valence-corrected chi connectivity index (χ2v) is 12.2. The van der Waals surface area contributed by atoms with E-state index in [4.69, 9.17) is 23.2 Å². The highest BCUT2D eigenvalue weighted by Crippen LogP contribution is 2.33. The maximum absolute atomic E-state index is 13.2. The average Bonchev–Trinajstić information content (AvgIpc) is 3.32. The lowest BCUT2D eigenvalue weighted by Crippen LogP contribution is -2.15. The Morgan fingerprint density at radius 3 is 2.42 bits per heavy atom. The molecule has 33 heavy (non-hydrogen) atoms. The number of halogens is 2. The van der Waals surface area contributed by atoms with Crippen LogP contribution in [0.4, 0.5) is 5.69 Å². The molecule has 7 nitrogen and oxygen atoms in total. The van der Waals surface area contributed by atoms with Gasteiger partial charge >= 0.3 is 0 Å². The number of rotatable bonds is 5. The van der Waals surface area contributed by atoms with Gasteiger partial charge in [-0.1, -0.05) is 53.5 Å². The van der Waals surface area contributed by atoms with Gasteiger partial charge in [0.05, 0.1) is 20.5 Å². The number of anilines is 1. The lowest BCUT2D eigenvalue weighted by Gasteiger charge is -2.11. The van der Waals surface area contributed by atoms with Crippen molar-refractivity contribution in [3.63, 3.8) is 0 Å². The van der Waals surface area contributed by atoms with Crippen molar-refractivity contribution in [2.75, 3.05) is 4.72 Å². The van der Waals surface area contributed by atoms with Crippen LogP contribution in [0.2, 0.25) is 10.2 Å². The normalized spacial score (nSPS) is 12.4. The molecule has 5 aromatic rings. The Bertz CT molecular complexity index is 1760. The van der Waals surface area contributed by atoms with Gasteiger partial charge in [-0.25, -0.2) is 13.4 Å². The molecule has 0 aliphatic heterocycles. The summed E-state index contributed by atoms with van der Waals surface area (Å²) in [7, 11) is -8.06. The molecule has 0 saturated heterocycles. The molecule has 0 aliphatic rings. The van der Waals surface area contributed by atoms with Gasteiger partial charge in [-0.15, -0.1) is 11.3 Å². The molecule has 0 radical (unpaired) electrons. The SMILES string of the molecule is O=S(=O)(Nc1ccc(S(=O)(=O)c2ccc3ccccc3c2)c(Cl)c1)c1c(Cl)nc2sccn12. The van der Waals surface area contributed by atoms with E-state index in [0.717, 1.165) is 10.8 Å². The van der Waals surface area contributed by atoms with Crippen molar-refractivity contribution in [3.8, 4) is 0 Å². The molecule has 0 fully saturated rings. The first-order chi connectivity index (χ1) is 15.7. The Morgan fingerprint density at radius 1 is 0.909 bits per heavy atom. The molecular weight excluding hydrogens is 525 g/mol. The maximum atomic E-state index is 13.2. The second-order valence-electron chi connectivity index (χ2n) is 7.03. The molecule has 0 spiro atoms. The predicted octanol–water partition coefficient (Wildman–Crippen LogP) is 5.49. The standard InChI is InChI=1S/C21H13Cl2N3O4S3/c22-17-12-15(25-33(29,30)20-19(23)24-21-26(20)9-10-31-21)6-8-18(17)32(27,28)16-7-5-13-3-1-2-4-14(13)11-16/h1-12,25H. The highest BCUT2D eigenvalue weighted by molar-refractivity contribution is 7.92. The van der Waals surface area contributed by atoms with E-state index in [0.29, 0.717) is 4.96 Å². The van der Waals surface area contributed by atoms with E-state index in [1.807, 2.05) is 24.3 Å². The largest absolute Gasteiger partial charge is 0.281 e. The van der Waals surface area contributed by atoms with E-state index in [9.17, 15) is 16.8 Å². The fraction of sp³-hybridized carbons (Fsp3) is 0. The van der Waals surface area contributed by atoms with Crippen molar-refractivity contribution in [1.82, 2.24) is 9.38 Å². The Balaban J connectivity index is 1.50. The fourth-order valence-corrected chi connectivity index (χ4v) is 7.76. The van der Waals surface area contributed by atoms with Gasteiger partial charge < -0.3 is 0 Å². The molecule has 2 heterocycles. The van der Waals surface area contributed by atoms with E-state index in [1.54, 1.807) is 23.7 Å². The van der Waals surface area contributed by atoms with Gasteiger partial charge in [-0.3, -0.25) is 9.12 Å². The highest BCUT2D eigenvalue weighted by atomic mass is 35.5. The zero-order valence-corrected chi connectivity index (χ0v) is 20.4. The topological polar surface area (TPSA) is 97.6 Å². The molecule has 0 aliphatic carbocycles. The monoisotopic (exact) mass is 537 g/mol. The van der Waals surface area contributed by atoms with Crippen LogP contribution in [0, 0.1) is 0 Å². The molecule has 0 atom stereocenters. The number of sulfonamides is 1. The number of aromatic nitrogens is 2. The van der Waals surface area contributed by atoms with Crippen molar-refractivity contribution in [3.05, 3.63) is 82.4 Å². The van der Waals surface area contributed by atoms with Crippen molar-refractivity contribution in [2.45, 2.75) is 14.8 Å². The number of nitrogens with zero attached hydrogens (tertiary/aromatic N) is 2. The lowest BCUT2D eigenvalue weighted by atomic mass is 10.1. The summed E-state index contributed by atoms with van der Waals surface area (Å²) in [5.41, 5.74) is 0.0821. The summed E-state index contributed by atoms with van der Waals surface area (Å²) in [4.78, 5) is 4.40. The molecule has 2 aromatic heterocycles. The number of hydrogen-bond acceptors (Lipinski definition) is 6. The fourth-order valence-electron chi connectivity index (χ4n) is 3.43. The molecule has 0 amide bonds. The van der Waals surface area contributed by atoms with E-state index in [1.165, 1.54) is 40.0 Å². The molecule has 0 saturated carbocycles. The van der Waals surface area contributed by atoms with Crippen LogP contribution in [-0.2, 0) is 19.9 Å². The third-order valence-corrected chi connectivity index (χ3v) is 9.71. The van der Waals surface area contributed by atoms with Crippen LogP contribution in [0.3, 0.4) is 0 Å². The van der Waals surface area contributed by atoms with Gasteiger partial charge in [0.1, 0.15) is 0 Å².